The molecule has 5 heteroatoms. The van der Waals surface area contributed by atoms with Gasteiger partial charge in [0.1, 0.15) is 6.04 Å². The van der Waals surface area contributed by atoms with Crippen LogP contribution in [-0.2, 0) is 14.3 Å². The molecule has 0 radical (unpaired) electrons. The van der Waals surface area contributed by atoms with Gasteiger partial charge >= 0.3 is 5.97 Å². The second-order valence-corrected chi connectivity index (χ2v) is 7.20. The van der Waals surface area contributed by atoms with E-state index >= 15 is 0 Å². The highest BCUT2D eigenvalue weighted by atomic mass is 16.5. The number of esters is 1. The Morgan fingerprint density at radius 3 is 2.60 bits per heavy atom. The Morgan fingerprint density at radius 1 is 1.40 bits per heavy atom. The first kappa shape index (κ1) is 13.9. The Kier molecular flexibility index (Phi) is 3.08. The number of rotatable bonds is 4. The van der Waals surface area contributed by atoms with E-state index in [0.717, 1.165) is 6.42 Å². The zero-order chi connectivity index (χ0) is 14.7. The molecule has 0 aromatic carbocycles. The van der Waals surface area contributed by atoms with E-state index in [1.807, 2.05) is 0 Å². The second-order valence-electron chi connectivity index (χ2n) is 7.20. The fraction of sp³-hybridized carbons (Fsp3) is 0.867. The molecule has 3 aliphatic rings. The number of carbonyl (C=O) groups excluding carboxylic acids is 2. The monoisotopic (exact) mass is 280 g/mol. The highest BCUT2D eigenvalue weighted by Gasteiger charge is 2.69. The number of fused-ring (bicyclic) bond motifs is 1. The molecule has 1 amide bonds. The maximum atomic E-state index is 12.5. The summed E-state index contributed by atoms with van der Waals surface area (Å²) in [5.74, 6) is 0.875. The van der Waals surface area contributed by atoms with Crippen molar-refractivity contribution in [3.05, 3.63) is 0 Å². The van der Waals surface area contributed by atoms with Crippen LogP contribution in [-0.4, -0.2) is 42.5 Å². The van der Waals surface area contributed by atoms with Crippen LogP contribution in [0.1, 0.15) is 33.1 Å². The van der Waals surface area contributed by atoms with E-state index < -0.39 is 12.1 Å². The number of hydrogen-bond donors (Lipinski definition) is 1. The summed E-state index contributed by atoms with van der Waals surface area (Å²) in [5, 5.41) is 0. The van der Waals surface area contributed by atoms with E-state index in [4.69, 9.17) is 10.5 Å². The third kappa shape index (κ3) is 2.03. The Hall–Kier alpha value is -1.10. The largest absolute Gasteiger partial charge is 0.467 e. The predicted molar refractivity (Wildman–Crippen MR) is 73.6 cm³/mol. The van der Waals surface area contributed by atoms with Crippen LogP contribution in [0.25, 0.3) is 0 Å². The van der Waals surface area contributed by atoms with Gasteiger partial charge < -0.3 is 15.4 Å². The lowest BCUT2D eigenvalue weighted by atomic mass is 10.00. The molecule has 2 N–H and O–H groups in total. The molecule has 0 aromatic heterocycles. The van der Waals surface area contributed by atoms with E-state index in [1.165, 1.54) is 20.0 Å². The number of hydrogen-bond acceptors (Lipinski definition) is 4. The van der Waals surface area contributed by atoms with E-state index in [9.17, 15) is 9.59 Å². The van der Waals surface area contributed by atoms with Gasteiger partial charge in [-0.25, -0.2) is 4.79 Å². The van der Waals surface area contributed by atoms with Crippen LogP contribution in [0, 0.1) is 23.2 Å². The Morgan fingerprint density at radius 2 is 2.05 bits per heavy atom. The predicted octanol–water partition coefficient (Wildman–Crippen LogP) is 0.770. The third-order valence-electron chi connectivity index (χ3n) is 5.54. The minimum Gasteiger partial charge on any atom is -0.467 e. The number of nitrogens with zero attached hydrogens (tertiary/aromatic N) is 1. The number of amides is 1. The van der Waals surface area contributed by atoms with Crippen molar-refractivity contribution in [2.75, 3.05) is 13.7 Å². The molecule has 0 bridgehead atoms. The third-order valence-corrected chi connectivity index (χ3v) is 5.54. The van der Waals surface area contributed by atoms with Gasteiger partial charge in [-0.2, -0.15) is 0 Å². The smallest absolute Gasteiger partial charge is 0.328 e. The van der Waals surface area contributed by atoms with Crippen molar-refractivity contribution in [1.29, 1.82) is 0 Å². The minimum absolute atomic E-state index is 0.0738. The molecule has 4 atom stereocenters. The van der Waals surface area contributed by atoms with Gasteiger partial charge in [0, 0.05) is 12.5 Å². The van der Waals surface area contributed by atoms with Gasteiger partial charge in [0.25, 0.3) is 0 Å². The van der Waals surface area contributed by atoms with Gasteiger partial charge in [-0.05, 0) is 23.7 Å². The van der Waals surface area contributed by atoms with Crippen molar-refractivity contribution < 1.29 is 14.3 Å². The molecule has 1 heterocycles. The quantitative estimate of drug-likeness (QED) is 0.772. The number of carbonyl (C=O) groups is 2. The molecule has 3 rings (SSSR count). The first-order valence-electron chi connectivity index (χ1n) is 7.51. The minimum atomic E-state index is -0.463. The first-order chi connectivity index (χ1) is 9.37. The van der Waals surface area contributed by atoms with Crippen LogP contribution in [0.2, 0.25) is 0 Å². The van der Waals surface area contributed by atoms with Gasteiger partial charge in [-0.3, -0.25) is 4.79 Å². The van der Waals surface area contributed by atoms with Crippen molar-refractivity contribution >= 4 is 11.9 Å². The molecule has 3 fully saturated rings. The maximum Gasteiger partial charge on any atom is 0.328 e. The van der Waals surface area contributed by atoms with Crippen LogP contribution < -0.4 is 5.73 Å². The Balaban J connectivity index is 1.72. The SMILES string of the molecule is COC(=O)[C@@H]1[C@@H]2[C@H](CN1C(=O)[C@@H](N)CC1CC1)C2(C)C. The zero-order valence-corrected chi connectivity index (χ0v) is 12.5. The molecule has 2 aliphatic carbocycles. The van der Waals surface area contributed by atoms with Crippen molar-refractivity contribution in [2.45, 2.75) is 45.2 Å². The summed E-state index contributed by atoms with van der Waals surface area (Å²) in [4.78, 5) is 26.2. The molecule has 112 valence electrons. The highest BCUT2D eigenvalue weighted by Crippen LogP contribution is 2.65. The fourth-order valence-electron chi connectivity index (χ4n) is 3.93. The second kappa shape index (κ2) is 4.45. The maximum absolute atomic E-state index is 12.5. The molecule has 2 saturated carbocycles. The van der Waals surface area contributed by atoms with Gasteiger partial charge in [-0.15, -0.1) is 0 Å². The van der Waals surface area contributed by atoms with Crippen LogP contribution >= 0.6 is 0 Å². The Bertz CT molecular complexity index is 444. The average molecular weight is 280 g/mol. The van der Waals surface area contributed by atoms with E-state index in [1.54, 1.807) is 4.90 Å². The molecule has 5 nitrogen and oxygen atoms in total. The summed E-state index contributed by atoms with van der Waals surface area (Å²) < 4.78 is 4.90. The molecule has 0 aromatic rings. The van der Waals surface area contributed by atoms with E-state index in [2.05, 4.69) is 13.8 Å². The summed E-state index contributed by atoms with van der Waals surface area (Å²) in [6, 6.07) is -0.895. The van der Waals surface area contributed by atoms with Crippen molar-refractivity contribution in [1.82, 2.24) is 4.90 Å². The molecule has 20 heavy (non-hydrogen) atoms. The van der Waals surface area contributed by atoms with Crippen molar-refractivity contribution in [3.8, 4) is 0 Å². The summed E-state index contributed by atoms with van der Waals surface area (Å²) in [6.07, 6.45) is 3.11. The molecule has 1 aliphatic heterocycles. The number of methoxy groups -OCH3 is 1. The average Bonchev–Trinajstić information content (AvgIpc) is 3.24. The van der Waals surface area contributed by atoms with E-state index in [0.29, 0.717) is 18.4 Å². The topological polar surface area (TPSA) is 72.6 Å². The summed E-state index contributed by atoms with van der Waals surface area (Å²) in [5.41, 5.74) is 6.16. The molecule has 0 spiro atoms. The van der Waals surface area contributed by atoms with Crippen molar-refractivity contribution in [2.24, 2.45) is 28.9 Å². The fourth-order valence-corrected chi connectivity index (χ4v) is 3.93. The number of ether oxygens (including phenoxy) is 1. The lowest BCUT2D eigenvalue weighted by Gasteiger charge is -2.31. The molecular formula is C15H24N2O3. The van der Waals surface area contributed by atoms with Gasteiger partial charge in [-0.1, -0.05) is 26.7 Å². The number of nitrogens with two attached hydrogens (primary N) is 1. The highest BCUT2D eigenvalue weighted by molar-refractivity contribution is 5.89. The summed E-state index contributed by atoms with van der Waals surface area (Å²) in [7, 11) is 1.39. The number of likely N-dealkylation sites (tertiary alicyclic amines) is 1. The van der Waals surface area contributed by atoms with Crippen molar-refractivity contribution in [3.63, 3.8) is 0 Å². The molecule has 0 unspecified atom stereocenters. The van der Waals surface area contributed by atoms with Gasteiger partial charge in [0.2, 0.25) is 5.91 Å². The van der Waals surface area contributed by atoms with Crippen LogP contribution in [0.4, 0.5) is 0 Å². The molecule has 1 saturated heterocycles. The summed E-state index contributed by atoms with van der Waals surface area (Å²) >= 11 is 0. The van der Waals surface area contributed by atoms with Gasteiger partial charge in [0.05, 0.1) is 13.2 Å². The standard InChI is InChI=1S/C15H24N2O3/c1-15(2)9-7-17(12(11(9)15)14(19)20-3)13(18)10(16)6-8-4-5-8/h8-12H,4-7,16H2,1-3H3/t9-,10-,11-,12-/m0/s1. The number of piperidine rings is 1. The van der Waals surface area contributed by atoms with Crippen LogP contribution in [0.3, 0.4) is 0 Å². The van der Waals surface area contributed by atoms with Crippen LogP contribution in [0.15, 0.2) is 0 Å². The zero-order valence-electron chi connectivity index (χ0n) is 12.5. The van der Waals surface area contributed by atoms with Gasteiger partial charge in [0.15, 0.2) is 0 Å². The van der Waals surface area contributed by atoms with E-state index in [-0.39, 0.29) is 23.2 Å². The Labute approximate surface area is 119 Å². The lowest BCUT2D eigenvalue weighted by Crippen LogP contribution is -2.51. The summed E-state index contributed by atoms with van der Waals surface area (Å²) in [6.45, 7) is 4.96. The lowest BCUT2D eigenvalue weighted by molar-refractivity contribution is -0.153. The normalized spacial score (nSPS) is 35.4. The molecular weight excluding hydrogens is 256 g/mol. The first-order valence-corrected chi connectivity index (χ1v) is 7.51. The van der Waals surface area contributed by atoms with Crippen LogP contribution in [0.5, 0.6) is 0 Å².